The maximum Gasteiger partial charge on any atom is 0.410 e. The van der Waals surface area contributed by atoms with Crippen LogP contribution in [0.15, 0.2) is 6.20 Å². The molecule has 1 amide bonds. The maximum absolute atomic E-state index is 12.2. The molecule has 0 radical (unpaired) electrons. The Morgan fingerprint density at radius 2 is 1.91 bits per heavy atom. The van der Waals surface area contributed by atoms with Crippen molar-refractivity contribution in [1.82, 2.24) is 19.6 Å². The minimum Gasteiger partial charge on any atom is -0.444 e. The lowest BCUT2D eigenvalue weighted by Crippen LogP contribution is -2.38. The van der Waals surface area contributed by atoms with Gasteiger partial charge in [-0.05, 0) is 72.8 Å². The Balaban J connectivity index is 1.64. The lowest BCUT2D eigenvalue weighted by molar-refractivity contribution is -0.0398. The monoisotopic (exact) mass is 450 g/mol. The van der Waals surface area contributed by atoms with E-state index in [1.807, 2.05) is 25.5 Å². The summed E-state index contributed by atoms with van der Waals surface area (Å²) in [5.41, 5.74) is 1.89. The van der Waals surface area contributed by atoms with Crippen LogP contribution in [-0.4, -0.2) is 76.3 Å². The van der Waals surface area contributed by atoms with Crippen molar-refractivity contribution in [3.05, 3.63) is 17.5 Å². The van der Waals surface area contributed by atoms with Crippen molar-refractivity contribution in [3.63, 3.8) is 0 Å². The molecule has 2 aliphatic rings. The summed E-state index contributed by atoms with van der Waals surface area (Å²) in [5, 5.41) is 14.9. The van der Waals surface area contributed by atoms with Crippen molar-refractivity contribution >= 4 is 6.09 Å². The van der Waals surface area contributed by atoms with Crippen molar-refractivity contribution in [3.8, 4) is 0 Å². The smallest absolute Gasteiger partial charge is 0.410 e. The molecule has 1 aromatic rings. The van der Waals surface area contributed by atoms with E-state index in [9.17, 15) is 9.90 Å². The first kappa shape index (κ1) is 25.0. The lowest BCUT2D eigenvalue weighted by atomic mass is 9.84. The first-order valence-corrected chi connectivity index (χ1v) is 12.1. The summed E-state index contributed by atoms with van der Waals surface area (Å²) in [7, 11) is 3.85. The highest BCUT2D eigenvalue weighted by Crippen LogP contribution is 2.35. The van der Waals surface area contributed by atoms with Gasteiger partial charge in [0.15, 0.2) is 0 Å². The van der Waals surface area contributed by atoms with Gasteiger partial charge in [-0.3, -0.25) is 0 Å². The van der Waals surface area contributed by atoms with Crippen LogP contribution in [-0.2, 0) is 16.0 Å². The number of aromatic nitrogens is 2. The fourth-order valence-electron chi connectivity index (χ4n) is 4.46. The Kier molecular flexibility index (Phi) is 8.58. The minimum atomic E-state index is -0.491. The van der Waals surface area contributed by atoms with E-state index in [-0.39, 0.29) is 18.4 Å². The van der Waals surface area contributed by atoms with Gasteiger partial charge in [0.25, 0.3) is 0 Å². The van der Waals surface area contributed by atoms with Crippen molar-refractivity contribution < 1.29 is 19.4 Å². The number of amides is 1. The molecule has 1 atom stereocenters. The Hall–Kier alpha value is -1.64. The third-order valence-corrected chi connectivity index (χ3v) is 6.34. The van der Waals surface area contributed by atoms with Crippen LogP contribution in [0.5, 0.6) is 0 Å². The van der Waals surface area contributed by atoms with Gasteiger partial charge in [0.05, 0.1) is 11.8 Å². The fraction of sp³-hybridized carbons (Fsp3) is 0.833. The number of aliphatic hydroxyl groups is 1. The Morgan fingerprint density at radius 1 is 1.19 bits per heavy atom. The summed E-state index contributed by atoms with van der Waals surface area (Å²) in [6.07, 6.45) is 8.62. The van der Waals surface area contributed by atoms with Crippen molar-refractivity contribution in [2.45, 2.75) is 96.1 Å². The molecule has 1 aliphatic carbocycles. The van der Waals surface area contributed by atoms with Crippen LogP contribution < -0.4 is 0 Å². The average Bonchev–Trinajstić information content (AvgIpc) is 3.15. The summed E-state index contributed by atoms with van der Waals surface area (Å²) in [6, 6.07) is 0. The summed E-state index contributed by atoms with van der Waals surface area (Å²) < 4.78 is 13.4. The van der Waals surface area contributed by atoms with E-state index in [1.54, 1.807) is 11.9 Å². The van der Waals surface area contributed by atoms with Gasteiger partial charge >= 0.3 is 6.09 Å². The molecule has 2 heterocycles. The summed E-state index contributed by atoms with van der Waals surface area (Å²) in [6.45, 7) is 8.53. The second-order valence-corrected chi connectivity index (χ2v) is 10.5. The molecule has 1 saturated heterocycles. The number of aliphatic hydroxyl groups excluding tert-OH is 1. The van der Waals surface area contributed by atoms with Crippen LogP contribution in [0, 0.1) is 0 Å². The number of nitrogens with zero attached hydrogens (tertiary/aromatic N) is 4. The highest BCUT2D eigenvalue weighted by atomic mass is 16.6. The van der Waals surface area contributed by atoms with Gasteiger partial charge in [0.2, 0.25) is 0 Å². The third kappa shape index (κ3) is 7.18. The van der Waals surface area contributed by atoms with Gasteiger partial charge in [-0.2, -0.15) is 5.10 Å². The van der Waals surface area contributed by atoms with Crippen LogP contribution in [0.1, 0.15) is 89.1 Å². The highest BCUT2D eigenvalue weighted by Gasteiger charge is 2.28. The van der Waals surface area contributed by atoms with E-state index in [4.69, 9.17) is 14.6 Å². The first-order valence-electron chi connectivity index (χ1n) is 12.1. The zero-order valence-electron chi connectivity index (χ0n) is 20.5. The summed E-state index contributed by atoms with van der Waals surface area (Å²) >= 11 is 0. The second-order valence-electron chi connectivity index (χ2n) is 10.5. The Morgan fingerprint density at radius 3 is 2.53 bits per heavy atom. The number of ether oxygens (including phenoxy) is 2. The summed E-state index contributed by atoms with van der Waals surface area (Å²) in [4.78, 5) is 16.1. The van der Waals surface area contributed by atoms with E-state index in [0.29, 0.717) is 12.5 Å². The average molecular weight is 451 g/mol. The first-order chi connectivity index (χ1) is 15.1. The van der Waals surface area contributed by atoms with E-state index in [2.05, 4.69) is 18.1 Å². The van der Waals surface area contributed by atoms with Crippen LogP contribution in [0.25, 0.3) is 0 Å². The van der Waals surface area contributed by atoms with Crippen LogP contribution in [0.3, 0.4) is 0 Å². The molecule has 1 aromatic heterocycles. The molecule has 0 spiro atoms. The molecule has 1 saturated carbocycles. The van der Waals surface area contributed by atoms with Gasteiger partial charge in [-0.25, -0.2) is 9.48 Å². The standard InChI is InChI=1S/C24H42N4O4/c1-24(2,3)32-23(30)27(5)14-13-26(4)16-19-17-28(21-8-6-7-15-31-21)25-22(19)18-9-11-20(29)12-10-18/h17-18,20-21,29H,6-16H2,1-5H3/t18?,20?,21-/m1/s1. The normalized spacial score (nSPS) is 24.5. The number of carbonyl (C=O) groups excluding carboxylic acids is 1. The molecule has 0 bridgehead atoms. The van der Waals surface area contributed by atoms with Crippen molar-refractivity contribution in [1.29, 1.82) is 0 Å². The van der Waals surface area contributed by atoms with Gasteiger partial charge in [-0.1, -0.05) is 0 Å². The third-order valence-electron chi connectivity index (χ3n) is 6.34. The number of likely N-dealkylation sites (N-methyl/N-ethyl adjacent to an activating group) is 2. The second kappa shape index (κ2) is 11.0. The molecular weight excluding hydrogens is 408 g/mol. The molecule has 0 aromatic carbocycles. The molecular formula is C24H42N4O4. The predicted octanol–water partition coefficient (Wildman–Crippen LogP) is 3.90. The minimum absolute atomic E-state index is 0.0223. The van der Waals surface area contributed by atoms with Crippen LogP contribution in [0.2, 0.25) is 0 Å². The zero-order chi connectivity index (χ0) is 23.3. The van der Waals surface area contributed by atoms with Gasteiger partial charge in [-0.15, -0.1) is 0 Å². The van der Waals surface area contributed by atoms with E-state index >= 15 is 0 Å². The predicted molar refractivity (Wildman–Crippen MR) is 123 cm³/mol. The largest absolute Gasteiger partial charge is 0.444 e. The molecule has 8 nitrogen and oxygen atoms in total. The Labute approximate surface area is 192 Å². The van der Waals surface area contributed by atoms with Crippen LogP contribution >= 0.6 is 0 Å². The SMILES string of the molecule is CN(CCN(C)C(=O)OC(C)(C)C)Cc1cn([C@H]2CCCCO2)nc1C1CCC(O)CC1. The Bertz CT molecular complexity index is 731. The highest BCUT2D eigenvalue weighted by molar-refractivity contribution is 5.67. The molecule has 182 valence electrons. The molecule has 8 heteroatoms. The summed E-state index contributed by atoms with van der Waals surface area (Å²) in [5.74, 6) is 0.385. The number of carbonyl (C=O) groups is 1. The zero-order valence-corrected chi connectivity index (χ0v) is 20.5. The number of hydrogen-bond acceptors (Lipinski definition) is 6. The number of hydrogen-bond donors (Lipinski definition) is 1. The molecule has 1 aliphatic heterocycles. The molecule has 3 rings (SSSR count). The van der Waals surface area contributed by atoms with E-state index < -0.39 is 5.60 Å². The molecule has 0 unspecified atom stereocenters. The van der Waals surface area contributed by atoms with Gasteiger partial charge in [0.1, 0.15) is 11.8 Å². The van der Waals surface area contributed by atoms with Crippen molar-refractivity contribution in [2.24, 2.45) is 0 Å². The van der Waals surface area contributed by atoms with Gasteiger partial charge in [0, 0.05) is 51.0 Å². The maximum atomic E-state index is 12.2. The van der Waals surface area contributed by atoms with Crippen molar-refractivity contribution in [2.75, 3.05) is 33.8 Å². The topological polar surface area (TPSA) is 80.1 Å². The van der Waals surface area contributed by atoms with Crippen LogP contribution in [0.4, 0.5) is 4.79 Å². The molecule has 2 fully saturated rings. The quantitative estimate of drug-likeness (QED) is 0.679. The fourth-order valence-corrected chi connectivity index (χ4v) is 4.46. The molecule has 32 heavy (non-hydrogen) atoms. The molecule has 1 N–H and O–H groups in total. The van der Waals surface area contributed by atoms with Gasteiger partial charge < -0.3 is 24.4 Å². The lowest BCUT2D eigenvalue weighted by Gasteiger charge is -2.27. The van der Waals surface area contributed by atoms with E-state index in [1.165, 1.54) is 12.0 Å². The van der Waals surface area contributed by atoms with E-state index in [0.717, 1.165) is 63.9 Å². The number of rotatable bonds is 7.